The first-order chi connectivity index (χ1) is 10.2. The van der Waals surface area contributed by atoms with E-state index in [4.69, 9.17) is 0 Å². The Kier molecular flexibility index (Phi) is 5.10. The summed E-state index contributed by atoms with van der Waals surface area (Å²) in [6.45, 7) is 3.34. The van der Waals surface area contributed by atoms with Crippen molar-refractivity contribution in [1.82, 2.24) is 4.90 Å². The molecule has 0 radical (unpaired) electrons. The fourth-order valence-electron chi connectivity index (χ4n) is 2.59. The Balaban J connectivity index is 2.13. The second-order valence-electron chi connectivity index (χ2n) is 5.36. The number of ketones is 1. The highest BCUT2D eigenvalue weighted by Crippen LogP contribution is 2.16. The van der Waals surface area contributed by atoms with Gasteiger partial charge in [0, 0.05) is 18.7 Å². The van der Waals surface area contributed by atoms with E-state index in [1.54, 1.807) is 17.0 Å². The second kappa shape index (κ2) is 7.03. The maximum absolute atomic E-state index is 12.4. The number of likely N-dealkylation sites (tertiary alicyclic amines) is 1. The number of benzene rings is 1. The summed E-state index contributed by atoms with van der Waals surface area (Å²) in [7, 11) is 0. The molecule has 1 aliphatic rings. The number of aryl methyl sites for hydroxylation is 1. The molecule has 0 aromatic heterocycles. The second-order valence-corrected chi connectivity index (χ2v) is 5.36. The van der Waals surface area contributed by atoms with Gasteiger partial charge in [-0.1, -0.05) is 31.2 Å². The summed E-state index contributed by atoms with van der Waals surface area (Å²) in [6.07, 6.45) is 3.89. The van der Waals surface area contributed by atoms with Gasteiger partial charge in [0.2, 0.25) is 5.91 Å². The molecule has 110 valence electrons. The summed E-state index contributed by atoms with van der Waals surface area (Å²) in [4.78, 5) is 26.4. The third-order valence-electron chi connectivity index (χ3n) is 3.95. The van der Waals surface area contributed by atoms with Crippen molar-refractivity contribution in [2.24, 2.45) is 5.92 Å². The molecular weight excluding hydrogens is 264 g/mol. The van der Waals surface area contributed by atoms with Crippen LogP contribution in [0.2, 0.25) is 0 Å². The molecule has 1 amide bonds. The van der Waals surface area contributed by atoms with Gasteiger partial charge in [-0.05, 0) is 31.2 Å². The Bertz CT molecular complexity index is 551. The summed E-state index contributed by atoms with van der Waals surface area (Å²) in [5, 5.41) is 9.24. The average Bonchev–Trinajstić information content (AvgIpc) is 2.56. The number of piperidine rings is 1. The SMILES string of the molecule is CCc1ccc(C(=O)[C@@H](C#N)C(=O)N2CCCCC2)cc1. The van der Waals surface area contributed by atoms with E-state index in [1.807, 2.05) is 25.1 Å². The average molecular weight is 284 g/mol. The highest BCUT2D eigenvalue weighted by atomic mass is 16.2. The molecule has 1 atom stereocenters. The van der Waals surface area contributed by atoms with Crippen molar-refractivity contribution in [1.29, 1.82) is 5.26 Å². The van der Waals surface area contributed by atoms with Crippen LogP contribution in [0, 0.1) is 17.2 Å². The normalized spacial score (nSPS) is 16.1. The Hall–Kier alpha value is -2.15. The fraction of sp³-hybridized carbons (Fsp3) is 0.471. The van der Waals surface area contributed by atoms with Crippen LogP contribution in [0.3, 0.4) is 0 Å². The molecule has 1 aromatic carbocycles. The lowest BCUT2D eigenvalue weighted by Crippen LogP contribution is -2.41. The van der Waals surface area contributed by atoms with Crippen molar-refractivity contribution < 1.29 is 9.59 Å². The molecule has 21 heavy (non-hydrogen) atoms. The van der Waals surface area contributed by atoms with Crippen molar-refractivity contribution in [3.63, 3.8) is 0 Å². The first kappa shape index (κ1) is 15.2. The van der Waals surface area contributed by atoms with E-state index >= 15 is 0 Å². The van der Waals surface area contributed by atoms with Crippen LogP contribution in [0.15, 0.2) is 24.3 Å². The first-order valence-corrected chi connectivity index (χ1v) is 7.49. The van der Waals surface area contributed by atoms with Crippen LogP contribution in [0.1, 0.15) is 42.1 Å². The lowest BCUT2D eigenvalue weighted by Gasteiger charge is -2.28. The van der Waals surface area contributed by atoms with E-state index < -0.39 is 11.7 Å². The van der Waals surface area contributed by atoms with E-state index in [9.17, 15) is 14.9 Å². The molecule has 4 nitrogen and oxygen atoms in total. The monoisotopic (exact) mass is 284 g/mol. The number of nitrogens with zero attached hydrogens (tertiary/aromatic N) is 2. The zero-order valence-corrected chi connectivity index (χ0v) is 12.3. The number of nitriles is 1. The van der Waals surface area contributed by atoms with Gasteiger partial charge in [0.1, 0.15) is 0 Å². The first-order valence-electron chi connectivity index (χ1n) is 7.49. The van der Waals surface area contributed by atoms with E-state index in [0.29, 0.717) is 18.7 Å². The molecule has 0 bridgehead atoms. The standard InChI is InChI=1S/C17H20N2O2/c1-2-13-6-8-14(9-7-13)16(20)15(12-18)17(21)19-10-4-3-5-11-19/h6-9,15H,2-5,10-11H2,1H3/t15-/m1/s1. The maximum Gasteiger partial charge on any atom is 0.247 e. The van der Waals surface area contributed by atoms with Gasteiger partial charge in [-0.15, -0.1) is 0 Å². The third kappa shape index (κ3) is 3.49. The summed E-state index contributed by atoms with van der Waals surface area (Å²) in [5.74, 6) is -1.95. The van der Waals surface area contributed by atoms with E-state index in [-0.39, 0.29) is 5.91 Å². The van der Waals surface area contributed by atoms with Gasteiger partial charge in [0.25, 0.3) is 0 Å². The van der Waals surface area contributed by atoms with Gasteiger partial charge in [-0.3, -0.25) is 9.59 Å². The summed E-state index contributed by atoms with van der Waals surface area (Å²) in [6, 6.07) is 9.03. The molecule has 1 fully saturated rings. The summed E-state index contributed by atoms with van der Waals surface area (Å²) >= 11 is 0. The highest BCUT2D eigenvalue weighted by Gasteiger charge is 2.31. The minimum Gasteiger partial charge on any atom is -0.341 e. The lowest BCUT2D eigenvalue weighted by molar-refractivity contribution is -0.133. The highest BCUT2D eigenvalue weighted by molar-refractivity contribution is 6.12. The Morgan fingerprint density at radius 3 is 2.33 bits per heavy atom. The van der Waals surface area contributed by atoms with Crippen molar-refractivity contribution >= 4 is 11.7 Å². The molecule has 2 rings (SSSR count). The van der Waals surface area contributed by atoms with E-state index in [2.05, 4.69) is 0 Å². The molecule has 1 aliphatic heterocycles. The number of Topliss-reactive ketones (excluding diaryl/α,β-unsaturated/α-hetero) is 1. The predicted octanol–water partition coefficient (Wildman–Crippen LogP) is 2.58. The van der Waals surface area contributed by atoms with Crippen molar-refractivity contribution in [3.05, 3.63) is 35.4 Å². The molecule has 1 heterocycles. The van der Waals surface area contributed by atoms with Crippen LogP contribution >= 0.6 is 0 Å². The van der Waals surface area contributed by atoms with Gasteiger partial charge in [-0.2, -0.15) is 5.26 Å². The van der Waals surface area contributed by atoms with Crippen LogP contribution in [0.25, 0.3) is 0 Å². The number of rotatable bonds is 4. The molecule has 1 saturated heterocycles. The van der Waals surface area contributed by atoms with Gasteiger partial charge in [-0.25, -0.2) is 0 Å². The van der Waals surface area contributed by atoms with Crippen molar-refractivity contribution in [3.8, 4) is 6.07 Å². The van der Waals surface area contributed by atoms with Crippen LogP contribution < -0.4 is 0 Å². The zero-order valence-electron chi connectivity index (χ0n) is 12.3. The Morgan fingerprint density at radius 1 is 1.19 bits per heavy atom. The Morgan fingerprint density at radius 2 is 1.81 bits per heavy atom. The van der Waals surface area contributed by atoms with Crippen LogP contribution in [0.4, 0.5) is 0 Å². The molecule has 1 aromatic rings. The minimum atomic E-state index is -1.21. The molecule has 4 heteroatoms. The molecule has 0 unspecified atom stereocenters. The lowest BCUT2D eigenvalue weighted by atomic mass is 9.95. The Labute approximate surface area is 125 Å². The summed E-state index contributed by atoms with van der Waals surface area (Å²) < 4.78 is 0. The fourth-order valence-corrected chi connectivity index (χ4v) is 2.59. The van der Waals surface area contributed by atoms with Gasteiger partial charge < -0.3 is 4.90 Å². The van der Waals surface area contributed by atoms with Crippen LogP contribution in [0.5, 0.6) is 0 Å². The quantitative estimate of drug-likeness (QED) is 0.630. The van der Waals surface area contributed by atoms with Crippen molar-refractivity contribution in [2.45, 2.75) is 32.6 Å². The van der Waals surface area contributed by atoms with Gasteiger partial charge in [0.15, 0.2) is 11.7 Å². The van der Waals surface area contributed by atoms with Gasteiger partial charge >= 0.3 is 0 Å². The minimum absolute atomic E-state index is 0.346. The van der Waals surface area contributed by atoms with Gasteiger partial charge in [0.05, 0.1) is 6.07 Å². The van der Waals surface area contributed by atoms with E-state index in [0.717, 1.165) is 31.2 Å². The topological polar surface area (TPSA) is 61.2 Å². The largest absolute Gasteiger partial charge is 0.341 e. The zero-order chi connectivity index (χ0) is 15.2. The third-order valence-corrected chi connectivity index (χ3v) is 3.95. The molecule has 0 saturated carbocycles. The number of carbonyl (C=O) groups is 2. The maximum atomic E-state index is 12.4. The molecule has 0 aliphatic carbocycles. The molecule has 0 spiro atoms. The number of hydrogen-bond donors (Lipinski definition) is 0. The smallest absolute Gasteiger partial charge is 0.247 e. The number of amides is 1. The summed E-state index contributed by atoms with van der Waals surface area (Å²) in [5.41, 5.74) is 1.56. The van der Waals surface area contributed by atoms with Crippen LogP contribution in [-0.4, -0.2) is 29.7 Å². The number of hydrogen-bond acceptors (Lipinski definition) is 3. The number of carbonyl (C=O) groups excluding carboxylic acids is 2. The van der Waals surface area contributed by atoms with E-state index in [1.165, 1.54) is 0 Å². The predicted molar refractivity (Wildman–Crippen MR) is 79.7 cm³/mol. The van der Waals surface area contributed by atoms with Crippen LogP contribution in [-0.2, 0) is 11.2 Å². The van der Waals surface area contributed by atoms with Crippen molar-refractivity contribution in [2.75, 3.05) is 13.1 Å². The molecular formula is C17H20N2O2. The molecule has 0 N–H and O–H groups in total.